The second kappa shape index (κ2) is 5.54. The van der Waals surface area contributed by atoms with Gasteiger partial charge in [-0.25, -0.2) is 0 Å². The van der Waals surface area contributed by atoms with E-state index >= 15 is 0 Å². The summed E-state index contributed by atoms with van der Waals surface area (Å²) in [4.78, 5) is 11.3. The largest absolute Gasteiger partial charge is 0.374 e. The number of ketones is 1. The summed E-state index contributed by atoms with van der Waals surface area (Å²) in [7, 11) is 0. The van der Waals surface area contributed by atoms with Gasteiger partial charge < -0.3 is 4.74 Å². The van der Waals surface area contributed by atoms with Gasteiger partial charge in [0.2, 0.25) is 0 Å². The highest BCUT2D eigenvalue weighted by Gasteiger charge is 2.05. The van der Waals surface area contributed by atoms with Crippen molar-refractivity contribution in [2.45, 2.75) is 26.8 Å². The second-order valence-electron chi connectivity index (χ2n) is 3.06. The Morgan fingerprint density at radius 1 is 1.57 bits per heavy atom. The lowest BCUT2D eigenvalue weighted by Crippen LogP contribution is -2.10. The van der Waals surface area contributed by atoms with Crippen LogP contribution in [0.5, 0.6) is 0 Å². The molecule has 0 bridgehead atoms. The van der Waals surface area contributed by atoms with Gasteiger partial charge in [0, 0.05) is 25.8 Å². The molecule has 0 fully saturated rings. The van der Waals surface area contributed by atoms with Crippen LogP contribution in [0.15, 0.2) is 12.4 Å². The molecule has 0 aliphatic carbocycles. The van der Waals surface area contributed by atoms with E-state index in [1.807, 2.05) is 24.7 Å². The predicted octanol–water partition coefficient (Wildman–Crippen LogP) is 1.05. The molecule has 0 spiro atoms. The molecular formula is C10H16N2O2. The highest BCUT2D eigenvalue weighted by molar-refractivity contribution is 5.81. The summed E-state index contributed by atoms with van der Waals surface area (Å²) in [5.74, 6) is 0.0995. The summed E-state index contributed by atoms with van der Waals surface area (Å²) in [6.07, 6.45) is 4.04. The molecule has 0 aliphatic heterocycles. The first-order valence-electron chi connectivity index (χ1n) is 4.87. The maximum absolute atomic E-state index is 11.3. The fraction of sp³-hybridized carbons (Fsp3) is 0.600. The molecule has 0 aromatic carbocycles. The summed E-state index contributed by atoms with van der Waals surface area (Å²) < 4.78 is 6.83. The molecule has 0 aliphatic rings. The Kier molecular flexibility index (Phi) is 4.32. The van der Waals surface area contributed by atoms with Crippen molar-refractivity contribution in [1.29, 1.82) is 0 Å². The Balaban J connectivity index is 2.39. The van der Waals surface area contributed by atoms with Gasteiger partial charge >= 0.3 is 0 Å². The third-order valence-electron chi connectivity index (χ3n) is 1.88. The second-order valence-corrected chi connectivity index (χ2v) is 3.06. The van der Waals surface area contributed by atoms with E-state index in [-0.39, 0.29) is 12.4 Å². The molecule has 0 amide bonds. The van der Waals surface area contributed by atoms with Crippen molar-refractivity contribution < 1.29 is 9.53 Å². The van der Waals surface area contributed by atoms with Crippen molar-refractivity contribution in [2.24, 2.45) is 0 Å². The first-order chi connectivity index (χ1) is 6.76. The van der Waals surface area contributed by atoms with Gasteiger partial charge in [0.25, 0.3) is 0 Å². The molecule has 78 valence electrons. The van der Waals surface area contributed by atoms with Gasteiger partial charge in [-0.1, -0.05) is 0 Å². The van der Waals surface area contributed by atoms with Gasteiger partial charge in [-0.05, 0) is 19.4 Å². The minimum atomic E-state index is 0.0995. The summed E-state index contributed by atoms with van der Waals surface area (Å²) in [5.41, 5.74) is 0.955. The molecule has 0 N–H and O–H groups in total. The third kappa shape index (κ3) is 3.30. The lowest BCUT2D eigenvalue weighted by Gasteiger charge is -1.98. The number of aryl methyl sites for hydroxylation is 1. The monoisotopic (exact) mass is 196 g/mol. The Bertz CT molecular complexity index is 294. The lowest BCUT2D eigenvalue weighted by atomic mass is 10.2. The zero-order valence-electron chi connectivity index (χ0n) is 8.69. The molecule has 1 heterocycles. The number of ether oxygens (including phenoxy) is 1. The molecule has 4 heteroatoms. The van der Waals surface area contributed by atoms with E-state index < -0.39 is 0 Å². The summed E-state index contributed by atoms with van der Waals surface area (Å²) in [6.45, 7) is 5.51. The average Bonchev–Trinajstić information content (AvgIpc) is 2.62. The average molecular weight is 196 g/mol. The van der Waals surface area contributed by atoms with E-state index in [9.17, 15) is 4.79 Å². The summed E-state index contributed by atoms with van der Waals surface area (Å²) >= 11 is 0. The van der Waals surface area contributed by atoms with Crippen molar-refractivity contribution in [1.82, 2.24) is 9.78 Å². The summed E-state index contributed by atoms with van der Waals surface area (Å²) in [6, 6.07) is 0. The molecule has 14 heavy (non-hydrogen) atoms. The number of aromatic nitrogens is 2. The maximum atomic E-state index is 11.3. The van der Waals surface area contributed by atoms with Gasteiger partial charge in [-0.3, -0.25) is 9.48 Å². The van der Waals surface area contributed by atoms with Crippen LogP contribution in [0.1, 0.15) is 19.4 Å². The first-order valence-corrected chi connectivity index (χ1v) is 4.87. The fourth-order valence-corrected chi connectivity index (χ4v) is 1.17. The molecule has 0 radical (unpaired) electrons. The van der Waals surface area contributed by atoms with E-state index in [1.165, 1.54) is 0 Å². The Hall–Kier alpha value is -1.16. The van der Waals surface area contributed by atoms with Crippen LogP contribution >= 0.6 is 0 Å². The number of Topliss-reactive ketones (excluding diaryl/α,β-unsaturated/α-hetero) is 1. The molecule has 1 rings (SSSR count). The Labute approximate surface area is 83.9 Å². The highest BCUT2D eigenvalue weighted by Crippen LogP contribution is 1.99. The zero-order valence-corrected chi connectivity index (χ0v) is 8.69. The SMILES string of the molecule is CCOCC(=O)Cc1cnn(CC)c1. The molecule has 0 saturated carbocycles. The van der Waals surface area contributed by atoms with E-state index in [2.05, 4.69) is 5.10 Å². The Morgan fingerprint density at radius 2 is 2.36 bits per heavy atom. The first kappa shape index (κ1) is 10.9. The molecule has 1 aromatic rings. The standard InChI is InChI=1S/C10H16N2O2/c1-3-12-7-9(6-11-12)5-10(13)8-14-4-2/h6-7H,3-5,8H2,1-2H3. The number of nitrogens with zero attached hydrogens (tertiary/aromatic N) is 2. The molecule has 4 nitrogen and oxygen atoms in total. The predicted molar refractivity (Wildman–Crippen MR) is 53.1 cm³/mol. The van der Waals surface area contributed by atoms with Crippen molar-refractivity contribution in [3.05, 3.63) is 18.0 Å². The molecular weight excluding hydrogens is 180 g/mol. The van der Waals surface area contributed by atoms with Crippen LogP contribution in [0.25, 0.3) is 0 Å². The van der Waals surface area contributed by atoms with Gasteiger partial charge in [0.05, 0.1) is 6.20 Å². The number of hydrogen-bond acceptors (Lipinski definition) is 3. The van der Waals surface area contributed by atoms with Gasteiger partial charge in [-0.15, -0.1) is 0 Å². The molecule has 0 unspecified atom stereocenters. The van der Waals surface area contributed by atoms with Crippen molar-refractivity contribution >= 4 is 5.78 Å². The van der Waals surface area contributed by atoms with Gasteiger partial charge in [0.15, 0.2) is 5.78 Å². The number of hydrogen-bond donors (Lipinski definition) is 0. The lowest BCUT2D eigenvalue weighted by molar-refractivity contribution is -0.122. The van der Waals surface area contributed by atoms with Crippen LogP contribution < -0.4 is 0 Å². The van der Waals surface area contributed by atoms with Crippen LogP contribution in [-0.2, 0) is 22.5 Å². The molecule has 0 atom stereocenters. The maximum Gasteiger partial charge on any atom is 0.162 e. The van der Waals surface area contributed by atoms with E-state index in [1.54, 1.807) is 6.20 Å². The van der Waals surface area contributed by atoms with Crippen LogP contribution in [0.2, 0.25) is 0 Å². The minimum Gasteiger partial charge on any atom is -0.374 e. The molecule has 1 aromatic heterocycles. The highest BCUT2D eigenvalue weighted by atomic mass is 16.5. The van der Waals surface area contributed by atoms with Crippen LogP contribution in [0.4, 0.5) is 0 Å². The normalized spacial score (nSPS) is 10.4. The van der Waals surface area contributed by atoms with E-state index in [4.69, 9.17) is 4.74 Å². The fourth-order valence-electron chi connectivity index (χ4n) is 1.17. The van der Waals surface area contributed by atoms with Crippen molar-refractivity contribution in [2.75, 3.05) is 13.2 Å². The number of carbonyl (C=O) groups excluding carboxylic acids is 1. The smallest absolute Gasteiger partial charge is 0.162 e. The topological polar surface area (TPSA) is 44.1 Å². The Morgan fingerprint density at radius 3 is 2.93 bits per heavy atom. The number of rotatable bonds is 6. The van der Waals surface area contributed by atoms with Crippen molar-refractivity contribution in [3.63, 3.8) is 0 Å². The van der Waals surface area contributed by atoms with Crippen LogP contribution in [0, 0.1) is 0 Å². The van der Waals surface area contributed by atoms with Crippen LogP contribution in [-0.4, -0.2) is 28.8 Å². The molecule has 0 saturated heterocycles. The quantitative estimate of drug-likeness (QED) is 0.683. The van der Waals surface area contributed by atoms with E-state index in [0.717, 1.165) is 12.1 Å². The third-order valence-corrected chi connectivity index (χ3v) is 1.88. The minimum absolute atomic E-state index is 0.0995. The van der Waals surface area contributed by atoms with Crippen LogP contribution in [0.3, 0.4) is 0 Å². The van der Waals surface area contributed by atoms with Gasteiger partial charge in [-0.2, -0.15) is 5.10 Å². The van der Waals surface area contributed by atoms with E-state index in [0.29, 0.717) is 13.0 Å². The summed E-state index contributed by atoms with van der Waals surface area (Å²) in [5, 5.41) is 4.09. The zero-order chi connectivity index (χ0) is 10.4. The number of carbonyl (C=O) groups is 1. The van der Waals surface area contributed by atoms with Gasteiger partial charge in [0.1, 0.15) is 6.61 Å². The van der Waals surface area contributed by atoms with Crippen molar-refractivity contribution in [3.8, 4) is 0 Å².